The van der Waals surface area contributed by atoms with E-state index in [9.17, 15) is 13.2 Å². The smallest absolute Gasteiger partial charge is 0.416 e. The maximum atomic E-state index is 13.0. The molecule has 3 rings (SSSR count). The van der Waals surface area contributed by atoms with E-state index in [1.165, 1.54) is 12.1 Å². The van der Waals surface area contributed by atoms with Gasteiger partial charge in [-0.3, -0.25) is 0 Å². The van der Waals surface area contributed by atoms with Crippen LogP contribution in [0.25, 0.3) is 11.4 Å². The van der Waals surface area contributed by atoms with E-state index in [1.54, 1.807) is 0 Å². The average molecular weight is 464 g/mol. The van der Waals surface area contributed by atoms with Crippen LogP contribution in [0.1, 0.15) is 50.8 Å². The van der Waals surface area contributed by atoms with Gasteiger partial charge in [0, 0.05) is 11.6 Å². The summed E-state index contributed by atoms with van der Waals surface area (Å²) in [6.07, 6.45) is -4.44. The molecule has 0 saturated carbocycles. The number of nitrogens with zero attached hydrogens (tertiary/aromatic N) is 2. The summed E-state index contributed by atoms with van der Waals surface area (Å²) in [6.45, 7) is 9.30. The molecule has 9 heteroatoms. The number of ether oxygens (including phenoxy) is 2. The van der Waals surface area contributed by atoms with E-state index >= 15 is 0 Å². The van der Waals surface area contributed by atoms with Crippen LogP contribution in [0.4, 0.5) is 13.2 Å². The summed E-state index contributed by atoms with van der Waals surface area (Å²) in [5.41, 5.74) is 0.493. The van der Waals surface area contributed by atoms with Gasteiger partial charge in [0.1, 0.15) is 0 Å². The van der Waals surface area contributed by atoms with Crippen molar-refractivity contribution in [1.82, 2.24) is 15.5 Å². The molecule has 3 aromatic rings. The molecule has 0 radical (unpaired) electrons. The zero-order valence-electron chi connectivity index (χ0n) is 19.1. The van der Waals surface area contributed by atoms with Crippen LogP contribution >= 0.6 is 0 Å². The number of benzene rings is 2. The molecule has 1 atom stereocenters. The Morgan fingerprint density at radius 3 is 2.39 bits per heavy atom. The summed E-state index contributed by atoms with van der Waals surface area (Å²) in [5.74, 6) is 1.98. The molecule has 0 spiro atoms. The molecule has 0 unspecified atom stereocenters. The summed E-state index contributed by atoms with van der Waals surface area (Å²) in [4.78, 5) is 4.26. The number of hydrogen-bond acceptors (Lipinski definition) is 6. The van der Waals surface area contributed by atoms with Gasteiger partial charge in [-0.2, -0.15) is 18.2 Å². The Kier molecular flexibility index (Phi) is 7.97. The highest BCUT2D eigenvalue weighted by Gasteiger charge is 2.30. The van der Waals surface area contributed by atoms with Crippen molar-refractivity contribution in [2.45, 2.75) is 46.5 Å². The van der Waals surface area contributed by atoms with Crippen molar-refractivity contribution in [3.05, 3.63) is 59.5 Å². The van der Waals surface area contributed by atoms with Crippen molar-refractivity contribution in [3.63, 3.8) is 0 Å². The van der Waals surface area contributed by atoms with Crippen molar-refractivity contribution in [2.75, 3.05) is 13.2 Å². The predicted octanol–water partition coefficient (Wildman–Crippen LogP) is 6.04. The van der Waals surface area contributed by atoms with E-state index in [4.69, 9.17) is 14.0 Å². The lowest BCUT2D eigenvalue weighted by atomic mass is 9.95. The van der Waals surface area contributed by atoms with Crippen LogP contribution in [0.5, 0.6) is 11.5 Å². The standard InChI is InChI=1S/C24H28F3N3O3/c1-5-31-19-11-10-16(13-20(19)32-6-2)22(15(3)4)28-14-21-29-23(30-33-21)17-8-7-9-18(12-17)24(25,26)27/h7-13,15,22,28H,5-6,14H2,1-4H3/t22-/m1/s1. The van der Waals surface area contributed by atoms with Crippen LogP contribution in [0, 0.1) is 5.92 Å². The Labute approximate surface area is 191 Å². The summed E-state index contributed by atoms with van der Waals surface area (Å²) < 4.78 is 55.6. The Hall–Kier alpha value is -3.07. The third-order valence-corrected chi connectivity index (χ3v) is 4.98. The van der Waals surface area contributed by atoms with Gasteiger partial charge in [-0.15, -0.1) is 0 Å². The first-order valence-electron chi connectivity index (χ1n) is 10.9. The van der Waals surface area contributed by atoms with Crippen LogP contribution in [-0.2, 0) is 12.7 Å². The van der Waals surface area contributed by atoms with Crippen molar-refractivity contribution in [2.24, 2.45) is 5.92 Å². The minimum atomic E-state index is -4.44. The fourth-order valence-electron chi connectivity index (χ4n) is 3.48. The Balaban J connectivity index is 1.76. The maximum absolute atomic E-state index is 13.0. The largest absolute Gasteiger partial charge is 0.490 e. The second kappa shape index (κ2) is 10.7. The van der Waals surface area contributed by atoms with Gasteiger partial charge in [0.05, 0.1) is 25.3 Å². The van der Waals surface area contributed by atoms with Gasteiger partial charge < -0.3 is 19.3 Å². The van der Waals surface area contributed by atoms with Crippen LogP contribution in [0.15, 0.2) is 47.0 Å². The SMILES string of the molecule is CCOc1ccc([C@H](NCc2nc(-c3cccc(C(F)(F)F)c3)no2)C(C)C)cc1OCC. The second-order valence-electron chi connectivity index (χ2n) is 7.77. The van der Waals surface area contributed by atoms with Gasteiger partial charge in [0.15, 0.2) is 11.5 Å². The Morgan fingerprint density at radius 1 is 1.00 bits per heavy atom. The molecule has 1 N–H and O–H groups in total. The van der Waals surface area contributed by atoms with Crippen LogP contribution in [0.3, 0.4) is 0 Å². The summed E-state index contributed by atoms with van der Waals surface area (Å²) in [6, 6.07) is 10.6. The second-order valence-corrected chi connectivity index (χ2v) is 7.77. The van der Waals surface area contributed by atoms with Gasteiger partial charge >= 0.3 is 6.18 Å². The molecule has 0 fully saturated rings. The summed E-state index contributed by atoms with van der Waals surface area (Å²) >= 11 is 0. The third-order valence-electron chi connectivity index (χ3n) is 4.98. The van der Waals surface area contributed by atoms with E-state index in [2.05, 4.69) is 29.3 Å². The highest BCUT2D eigenvalue weighted by molar-refractivity contribution is 5.55. The molecule has 33 heavy (non-hydrogen) atoms. The lowest BCUT2D eigenvalue weighted by Crippen LogP contribution is -2.25. The number of nitrogens with one attached hydrogen (secondary N) is 1. The Morgan fingerprint density at radius 2 is 1.73 bits per heavy atom. The molecule has 0 amide bonds. The minimum Gasteiger partial charge on any atom is -0.490 e. The lowest BCUT2D eigenvalue weighted by Gasteiger charge is -2.23. The van der Waals surface area contributed by atoms with Crippen molar-refractivity contribution in [3.8, 4) is 22.9 Å². The van der Waals surface area contributed by atoms with Gasteiger partial charge in [0.2, 0.25) is 11.7 Å². The highest BCUT2D eigenvalue weighted by Crippen LogP contribution is 2.34. The molecule has 1 heterocycles. The van der Waals surface area contributed by atoms with Gasteiger partial charge in [-0.25, -0.2) is 0 Å². The quantitative estimate of drug-likeness (QED) is 0.395. The molecule has 0 aliphatic heterocycles. The fraction of sp³-hybridized carbons (Fsp3) is 0.417. The highest BCUT2D eigenvalue weighted by atomic mass is 19.4. The van der Waals surface area contributed by atoms with E-state index in [1.807, 2.05) is 32.0 Å². The first-order valence-corrected chi connectivity index (χ1v) is 10.9. The number of aromatic nitrogens is 2. The maximum Gasteiger partial charge on any atom is 0.416 e. The first-order chi connectivity index (χ1) is 15.7. The van der Waals surface area contributed by atoms with E-state index in [-0.39, 0.29) is 35.8 Å². The molecular weight excluding hydrogens is 435 g/mol. The first kappa shape index (κ1) is 24.6. The average Bonchev–Trinajstić information content (AvgIpc) is 3.24. The predicted molar refractivity (Wildman–Crippen MR) is 118 cm³/mol. The zero-order chi connectivity index (χ0) is 24.0. The van der Waals surface area contributed by atoms with E-state index < -0.39 is 11.7 Å². The number of hydrogen-bond donors (Lipinski definition) is 1. The monoisotopic (exact) mass is 463 g/mol. The number of halogens is 3. The molecule has 6 nitrogen and oxygen atoms in total. The molecular formula is C24H28F3N3O3. The Bertz CT molecular complexity index is 1050. The molecule has 0 saturated heterocycles. The van der Waals surface area contributed by atoms with Gasteiger partial charge in [0.25, 0.3) is 0 Å². The van der Waals surface area contributed by atoms with Crippen molar-refractivity contribution < 1.29 is 27.2 Å². The van der Waals surface area contributed by atoms with Crippen LogP contribution < -0.4 is 14.8 Å². The molecule has 0 aliphatic carbocycles. The van der Waals surface area contributed by atoms with Crippen molar-refractivity contribution in [1.29, 1.82) is 0 Å². The zero-order valence-corrected chi connectivity index (χ0v) is 19.1. The van der Waals surface area contributed by atoms with Crippen LogP contribution in [-0.4, -0.2) is 23.4 Å². The molecule has 0 aliphatic rings. The van der Waals surface area contributed by atoms with E-state index in [0.717, 1.165) is 17.7 Å². The number of alkyl halides is 3. The molecule has 1 aromatic heterocycles. The van der Waals surface area contributed by atoms with Crippen LogP contribution in [0.2, 0.25) is 0 Å². The number of rotatable bonds is 10. The minimum absolute atomic E-state index is 0.0520. The van der Waals surface area contributed by atoms with E-state index in [0.29, 0.717) is 24.7 Å². The third kappa shape index (κ3) is 6.25. The normalized spacial score (nSPS) is 12.7. The summed E-state index contributed by atoms with van der Waals surface area (Å²) in [5, 5.41) is 7.25. The summed E-state index contributed by atoms with van der Waals surface area (Å²) in [7, 11) is 0. The van der Waals surface area contributed by atoms with Gasteiger partial charge in [-0.1, -0.05) is 37.2 Å². The lowest BCUT2D eigenvalue weighted by molar-refractivity contribution is -0.137. The molecule has 2 aromatic carbocycles. The fourth-order valence-corrected chi connectivity index (χ4v) is 3.48. The molecule has 178 valence electrons. The van der Waals surface area contributed by atoms with Crippen molar-refractivity contribution >= 4 is 0 Å². The van der Waals surface area contributed by atoms with Gasteiger partial charge in [-0.05, 0) is 49.6 Å². The molecule has 0 bridgehead atoms. The topological polar surface area (TPSA) is 69.4 Å².